The summed E-state index contributed by atoms with van der Waals surface area (Å²) in [6.07, 6.45) is 2.65. The predicted octanol–water partition coefficient (Wildman–Crippen LogP) is 0.685. The Morgan fingerprint density at radius 3 is 2.75 bits per heavy atom. The molecule has 70 valence electrons. The quantitative estimate of drug-likeness (QED) is 0.585. The molecule has 1 saturated heterocycles. The van der Waals surface area contributed by atoms with Crippen molar-refractivity contribution in [3.63, 3.8) is 0 Å². The summed E-state index contributed by atoms with van der Waals surface area (Å²) < 4.78 is 5.41. The number of nitrogens with zero attached hydrogens (tertiary/aromatic N) is 1. The standard InChI is InChI=1S/C9H17NO2/c1-3-8-6-12-7-9(4-5-11)10(8)2/h5,8-9H,3-4,6-7H2,1-2H3. The average Bonchev–Trinajstić information content (AvgIpc) is 2.09. The third-order valence-electron chi connectivity index (χ3n) is 2.61. The van der Waals surface area contributed by atoms with Gasteiger partial charge in [0.05, 0.1) is 13.2 Å². The van der Waals surface area contributed by atoms with Gasteiger partial charge in [0.1, 0.15) is 6.29 Å². The highest BCUT2D eigenvalue weighted by molar-refractivity contribution is 5.50. The first kappa shape index (κ1) is 9.68. The molecule has 1 aliphatic heterocycles. The second-order valence-electron chi connectivity index (χ2n) is 3.32. The Balaban J connectivity index is 2.46. The number of hydrogen-bond donors (Lipinski definition) is 0. The van der Waals surface area contributed by atoms with Gasteiger partial charge in [-0.05, 0) is 13.5 Å². The van der Waals surface area contributed by atoms with Gasteiger partial charge in [0.2, 0.25) is 0 Å². The zero-order chi connectivity index (χ0) is 8.97. The summed E-state index contributed by atoms with van der Waals surface area (Å²) in [7, 11) is 2.07. The van der Waals surface area contributed by atoms with Gasteiger partial charge in [-0.2, -0.15) is 0 Å². The lowest BCUT2D eigenvalue weighted by atomic mass is 10.1. The van der Waals surface area contributed by atoms with Crippen molar-refractivity contribution >= 4 is 6.29 Å². The number of likely N-dealkylation sites (N-methyl/N-ethyl adjacent to an activating group) is 1. The molecule has 0 saturated carbocycles. The number of hydrogen-bond acceptors (Lipinski definition) is 3. The summed E-state index contributed by atoms with van der Waals surface area (Å²) in [5, 5.41) is 0. The lowest BCUT2D eigenvalue weighted by Gasteiger charge is -2.38. The van der Waals surface area contributed by atoms with Crippen LogP contribution in [0.25, 0.3) is 0 Å². The molecule has 2 unspecified atom stereocenters. The molecule has 1 aliphatic rings. The van der Waals surface area contributed by atoms with Crippen molar-refractivity contribution in [1.82, 2.24) is 4.90 Å². The van der Waals surface area contributed by atoms with Crippen LogP contribution in [0.5, 0.6) is 0 Å². The van der Waals surface area contributed by atoms with Crippen LogP contribution >= 0.6 is 0 Å². The maximum atomic E-state index is 10.3. The van der Waals surface area contributed by atoms with Crippen molar-refractivity contribution < 1.29 is 9.53 Å². The van der Waals surface area contributed by atoms with Gasteiger partial charge in [-0.15, -0.1) is 0 Å². The minimum absolute atomic E-state index is 0.293. The third-order valence-corrected chi connectivity index (χ3v) is 2.61. The van der Waals surface area contributed by atoms with Crippen LogP contribution in [-0.2, 0) is 9.53 Å². The Labute approximate surface area is 73.7 Å². The Morgan fingerprint density at radius 2 is 2.17 bits per heavy atom. The molecule has 1 rings (SSSR count). The predicted molar refractivity (Wildman–Crippen MR) is 47.1 cm³/mol. The number of rotatable bonds is 3. The molecule has 0 bridgehead atoms. The van der Waals surface area contributed by atoms with Crippen LogP contribution in [0.1, 0.15) is 19.8 Å². The van der Waals surface area contributed by atoms with Crippen LogP contribution < -0.4 is 0 Å². The summed E-state index contributed by atoms with van der Waals surface area (Å²) in [4.78, 5) is 12.6. The van der Waals surface area contributed by atoms with Gasteiger partial charge < -0.3 is 9.53 Å². The lowest BCUT2D eigenvalue weighted by Crippen LogP contribution is -2.49. The molecule has 12 heavy (non-hydrogen) atoms. The third kappa shape index (κ3) is 2.05. The fraction of sp³-hybridized carbons (Fsp3) is 0.889. The molecule has 3 heteroatoms. The molecule has 0 N–H and O–H groups in total. The van der Waals surface area contributed by atoms with E-state index in [1.807, 2.05) is 0 Å². The first-order valence-electron chi connectivity index (χ1n) is 4.53. The fourth-order valence-corrected chi connectivity index (χ4v) is 1.62. The van der Waals surface area contributed by atoms with Gasteiger partial charge >= 0.3 is 0 Å². The number of ether oxygens (including phenoxy) is 1. The van der Waals surface area contributed by atoms with E-state index in [0.29, 0.717) is 25.1 Å². The maximum absolute atomic E-state index is 10.3. The van der Waals surface area contributed by atoms with Crippen molar-refractivity contribution in [2.75, 3.05) is 20.3 Å². The number of aldehydes is 1. The van der Waals surface area contributed by atoms with Gasteiger partial charge in [0.25, 0.3) is 0 Å². The Morgan fingerprint density at radius 1 is 1.50 bits per heavy atom. The SMILES string of the molecule is CCC1COCC(CC=O)N1C. The first-order valence-corrected chi connectivity index (χ1v) is 4.53. The monoisotopic (exact) mass is 171 g/mol. The summed E-state index contributed by atoms with van der Waals surface area (Å²) in [6, 6.07) is 0.782. The highest BCUT2D eigenvalue weighted by Crippen LogP contribution is 2.14. The number of carbonyl (C=O) groups is 1. The van der Waals surface area contributed by atoms with E-state index in [0.717, 1.165) is 19.3 Å². The molecule has 0 radical (unpaired) electrons. The van der Waals surface area contributed by atoms with E-state index in [-0.39, 0.29) is 0 Å². The maximum Gasteiger partial charge on any atom is 0.121 e. The minimum Gasteiger partial charge on any atom is -0.378 e. The van der Waals surface area contributed by atoms with Gasteiger partial charge in [0, 0.05) is 18.5 Å². The molecule has 1 fully saturated rings. The molecule has 0 aliphatic carbocycles. The molecular formula is C9H17NO2. The van der Waals surface area contributed by atoms with Crippen molar-refractivity contribution in [3.05, 3.63) is 0 Å². The van der Waals surface area contributed by atoms with Crippen molar-refractivity contribution in [1.29, 1.82) is 0 Å². The molecule has 0 spiro atoms. The van der Waals surface area contributed by atoms with Crippen LogP contribution in [0.3, 0.4) is 0 Å². The van der Waals surface area contributed by atoms with E-state index in [9.17, 15) is 4.79 Å². The second-order valence-corrected chi connectivity index (χ2v) is 3.32. The highest BCUT2D eigenvalue weighted by Gasteiger charge is 2.26. The Bertz CT molecular complexity index is 149. The van der Waals surface area contributed by atoms with E-state index in [1.165, 1.54) is 0 Å². The second kappa shape index (κ2) is 4.58. The molecule has 0 aromatic carbocycles. The van der Waals surface area contributed by atoms with Crippen molar-refractivity contribution in [3.8, 4) is 0 Å². The molecule has 1 heterocycles. The van der Waals surface area contributed by atoms with Crippen LogP contribution in [0.2, 0.25) is 0 Å². The van der Waals surface area contributed by atoms with Crippen molar-refractivity contribution in [2.24, 2.45) is 0 Å². The van der Waals surface area contributed by atoms with E-state index in [4.69, 9.17) is 4.74 Å². The smallest absolute Gasteiger partial charge is 0.121 e. The number of morpholine rings is 1. The molecule has 2 atom stereocenters. The first-order chi connectivity index (χ1) is 5.79. The fourth-order valence-electron chi connectivity index (χ4n) is 1.62. The molecular weight excluding hydrogens is 154 g/mol. The normalized spacial score (nSPS) is 31.8. The molecule has 0 aromatic heterocycles. The van der Waals surface area contributed by atoms with Crippen LogP contribution in [-0.4, -0.2) is 43.5 Å². The van der Waals surface area contributed by atoms with Crippen molar-refractivity contribution in [2.45, 2.75) is 31.8 Å². The summed E-state index contributed by atoms with van der Waals surface area (Å²) in [6.45, 7) is 3.65. The largest absolute Gasteiger partial charge is 0.378 e. The highest BCUT2D eigenvalue weighted by atomic mass is 16.5. The minimum atomic E-state index is 0.293. The Hall–Kier alpha value is -0.410. The van der Waals surface area contributed by atoms with E-state index >= 15 is 0 Å². The topological polar surface area (TPSA) is 29.5 Å². The number of carbonyl (C=O) groups excluding carboxylic acids is 1. The summed E-state index contributed by atoms with van der Waals surface area (Å²) >= 11 is 0. The van der Waals surface area contributed by atoms with Gasteiger partial charge in [-0.3, -0.25) is 4.90 Å². The zero-order valence-corrected chi connectivity index (χ0v) is 7.82. The van der Waals surface area contributed by atoms with Crippen LogP contribution in [0, 0.1) is 0 Å². The summed E-state index contributed by atoms with van der Waals surface area (Å²) in [5.41, 5.74) is 0. The van der Waals surface area contributed by atoms with E-state index < -0.39 is 0 Å². The molecule has 0 aromatic rings. The lowest BCUT2D eigenvalue weighted by molar-refractivity contribution is -0.111. The molecule has 3 nitrogen and oxygen atoms in total. The average molecular weight is 171 g/mol. The molecule has 0 amide bonds. The van der Waals surface area contributed by atoms with Gasteiger partial charge in [-0.25, -0.2) is 0 Å². The van der Waals surface area contributed by atoms with E-state index in [1.54, 1.807) is 0 Å². The van der Waals surface area contributed by atoms with Crippen LogP contribution in [0.15, 0.2) is 0 Å². The van der Waals surface area contributed by atoms with Crippen LogP contribution in [0.4, 0.5) is 0 Å². The summed E-state index contributed by atoms with van der Waals surface area (Å²) in [5.74, 6) is 0. The van der Waals surface area contributed by atoms with Gasteiger partial charge in [-0.1, -0.05) is 6.92 Å². The van der Waals surface area contributed by atoms with Gasteiger partial charge in [0.15, 0.2) is 0 Å². The zero-order valence-electron chi connectivity index (χ0n) is 7.82. The Kier molecular flexibility index (Phi) is 3.69. The van der Waals surface area contributed by atoms with E-state index in [2.05, 4.69) is 18.9 Å².